The standard InChI is InChI=1S/C12H20N4S/c1-2-3-10-14-11(17-15-10)16-7-5-12(9-16)4-6-13-8-12/h13H,2-9H2,1H3. The fourth-order valence-electron chi connectivity index (χ4n) is 2.94. The van der Waals surface area contributed by atoms with E-state index >= 15 is 0 Å². The third kappa shape index (κ3) is 2.18. The Morgan fingerprint density at radius 1 is 1.47 bits per heavy atom. The van der Waals surface area contributed by atoms with E-state index in [0.717, 1.165) is 30.3 Å². The number of aryl methyl sites for hydroxylation is 1. The molecule has 0 saturated carbocycles. The van der Waals surface area contributed by atoms with Gasteiger partial charge in [0.1, 0.15) is 5.82 Å². The van der Waals surface area contributed by atoms with Crippen LogP contribution in [0.25, 0.3) is 0 Å². The van der Waals surface area contributed by atoms with Crippen molar-refractivity contribution in [1.82, 2.24) is 14.7 Å². The second-order valence-electron chi connectivity index (χ2n) is 5.34. The van der Waals surface area contributed by atoms with Crippen LogP contribution in [0.1, 0.15) is 32.0 Å². The molecule has 2 saturated heterocycles. The highest BCUT2D eigenvalue weighted by molar-refractivity contribution is 7.09. The number of hydrogen-bond donors (Lipinski definition) is 1. The van der Waals surface area contributed by atoms with Crippen LogP contribution in [-0.4, -0.2) is 35.5 Å². The van der Waals surface area contributed by atoms with Crippen molar-refractivity contribution in [2.24, 2.45) is 5.41 Å². The van der Waals surface area contributed by atoms with Crippen molar-refractivity contribution in [3.8, 4) is 0 Å². The Morgan fingerprint density at radius 2 is 2.41 bits per heavy atom. The van der Waals surface area contributed by atoms with Gasteiger partial charge >= 0.3 is 0 Å². The lowest BCUT2D eigenvalue weighted by molar-refractivity contribution is 0.369. The minimum atomic E-state index is 0.524. The van der Waals surface area contributed by atoms with Crippen LogP contribution in [0.15, 0.2) is 0 Å². The summed E-state index contributed by atoms with van der Waals surface area (Å²) in [6, 6.07) is 0. The molecule has 1 spiro atoms. The Morgan fingerprint density at radius 3 is 3.18 bits per heavy atom. The number of hydrogen-bond acceptors (Lipinski definition) is 5. The second kappa shape index (κ2) is 4.53. The third-order valence-electron chi connectivity index (χ3n) is 3.97. The molecule has 3 heterocycles. The van der Waals surface area contributed by atoms with Gasteiger partial charge in [0.25, 0.3) is 0 Å². The first kappa shape index (κ1) is 11.4. The normalized spacial score (nSPS) is 28.4. The van der Waals surface area contributed by atoms with E-state index in [1.54, 1.807) is 11.5 Å². The van der Waals surface area contributed by atoms with E-state index < -0.39 is 0 Å². The summed E-state index contributed by atoms with van der Waals surface area (Å²) in [7, 11) is 0. The van der Waals surface area contributed by atoms with Gasteiger partial charge < -0.3 is 10.2 Å². The average molecular weight is 252 g/mol. The Bertz CT molecular complexity index is 384. The van der Waals surface area contributed by atoms with E-state index in [1.165, 1.54) is 32.5 Å². The van der Waals surface area contributed by atoms with Gasteiger partial charge in [-0.1, -0.05) is 6.92 Å². The Labute approximate surface area is 107 Å². The van der Waals surface area contributed by atoms with Crippen LogP contribution in [0.5, 0.6) is 0 Å². The van der Waals surface area contributed by atoms with Gasteiger partial charge in [-0.05, 0) is 25.8 Å². The Kier molecular flexibility index (Phi) is 3.04. The summed E-state index contributed by atoms with van der Waals surface area (Å²) >= 11 is 1.57. The minimum Gasteiger partial charge on any atom is -0.346 e. The van der Waals surface area contributed by atoms with Crippen LogP contribution < -0.4 is 10.2 Å². The van der Waals surface area contributed by atoms with Gasteiger partial charge in [-0.2, -0.15) is 4.37 Å². The van der Waals surface area contributed by atoms with Crippen molar-refractivity contribution in [3.05, 3.63) is 5.82 Å². The minimum absolute atomic E-state index is 0.524. The average Bonchev–Trinajstić information content (AvgIpc) is 3.03. The quantitative estimate of drug-likeness (QED) is 0.888. The van der Waals surface area contributed by atoms with Gasteiger partial charge in [0.2, 0.25) is 5.13 Å². The number of aromatic nitrogens is 2. The molecule has 0 bridgehead atoms. The molecule has 17 heavy (non-hydrogen) atoms. The predicted octanol–water partition coefficient (Wildman–Crippen LogP) is 1.68. The van der Waals surface area contributed by atoms with Crippen molar-refractivity contribution in [2.75, 3.05) is 31.1 Å². The van der Waals surface area contributed by atoms with Crippen LogP contribution in [-0.2, 0) is 6.42 Å². The van der Waals surface area contributed by atoms with Crippen LogP contribution >= 0.6 is 11.5 Å². The Hall–Kier alpha value is -0.680. The molecule has 3 rings (SSSR count). The molecule has 1 atom stereocenters. The van der Waals surface area contributed by atoms with Crippen LogP contribution in [0.3, 0.4) is 0 Å². The zero-order chi connectivity index (χ0) is 11.7. The molecule has 1 aromatic rings. The molecule has 2 aliphatic rings. The maximum atomic E-state index is 4.65. The van der Waals surface area contributed by atoms with Crippen LogP contribution in [0.2, 0.25) is 0 Å². The topological polar surface area (TPSA) is 41.1 Å². The molecule has 1 aromatic heterocycles. The van der Waals surface area contributed by atoms with Crippen LogP contribution in [0, 0.1) is 5.41 Å². The summed E-state index contributed by atoms with van der Waals surface area (Å²) in [5, 5.41) is 4.63. The Balaban J connectivity index is 1.68. The van der Waals surface area contributed by atoms with Crippen LogP contribution in [0.4, 0.5) is 5.13 Å². The summed E-state index contributed by atoms with van der Waals surface area (Å²) in [6.45, 7) is 6.87. The number of anilines is 1. The third-order valence-corrected chi connectivity index (χ3v) is 4.79. The first-order valence-electron chi connectivity index (χ1n) is 6.60. The molecule has 0 aliphatic carbocycles. The number of nitrogens with one attached hydrogen (secondary N) is 1. The van der Waals surface area contributed by atoms with E-state index in [0.29, 0.717) is 5.41 Å². The first-order chi connectivity index (χ1) is 8.31. The first-order valence-corrected chi connectivity index (χ1v) is 7.37. The highest BCUT2D eigenvalue weighted by atomic mass is 32.1. The van der Waals surface area contributed by atoms with Crippen molar-refractivity contribution < 1.29 is 0 Å². The van der Waals surface area contributed by atoms with Gasteiger partial charge in [0.05, 0.1) is 0 Å². The van der Waals surface area contributed by atoms with E-state index in [1.807, 2.05) is 0 Å². The molecular weight excluding hydrogens is 232 g/mol. The van der Waals surface area contributed by atoms with Gasteiger partial charge in [0.15, 0.2) is 0 Å². The monoisotopic (exact) mass is 252 g/mol. The highest BCUT2D eigenvalue weighted by Crippen LogP contribution is 2.38. The predicted molar refractivity (Wildman–Crippen MR) is 70.7 cm³/mol. The summed E-state index contributed by atoms with van der Waals surface area (Å²) in [6.07, 6.45) is 4.77. The lowest BCUT2D eigenvalue weighted by atomic mass is 9.87. The molecule has 0 aromatic carbocycles. The lowest BCUT2D eigenvalue weighted by Gasteiger charge is -2.21. The fourth-order valence-corrected chi connectivity index (χ4v) is 3.68. The second-order valence-corrected chi connectivity index (χ2v) is 6.07. The molecule has 1 unspecified atom stereocenters. The SMILES string of the molecule is CCCc1nsc(N2CCC3(CCNC3)C2)n1. The summed E-state index contributed by atoms with van der Waals surface area (Å²) in [5.74, 6) is 1.03. The maximum Gasteiger partial charge on any atom is 0.205 e. The molecule has 5 heteroatoms. The van der Waals surface area contributed by atoms with Crippen molar-refractivity contribution in [1.29, 1.82) is 0 Å². The molecule has 0 amide bonds. The molecular formula is C12H20N4S. The molecule has 1 N–H and O–H groups in total. The van der Waals surface area contributed by atoms with E-state index in [-0.39, 0.29) is 0 Å². The zero-order valence-electron chi connectivity index (χ0n) is 10.4. The van der Waals surface area contributed by atoms with Crippen molar-refractivity contribution in [2.45, 2.75) is 32.6 Å². The molecule has 2 fully saturated rings. The lowest BCUT2D eigenvalue weighted by Crippen LogP contribution is -2.29. The van der Waals surface area contributed by atoms with Gasteiger partial charge in [-0.25, -0.2) is 4.98 Å². The van der Waals surface area contributed by atoms with Gasteiger partial charge in [-0.15, -0.1) is 0 Å². The molecule has 94 valence electrons. The van der Waals surface area contributed by atoms with Crippen molar-refractivity contribution >= 4 is 16.7 Å². The fraction of sp³-hybridized carbons (Fsp3) is 0.833. The highest BCUT2D eigenvalue weighted by Gasteiger charge is 2.41. The maximum absolute atomic E-state index is 4.65. The van der Waals surface area contributed by atoms with Crippen molar-refractivity contribution in [3.63, 3.8) is 0 Å². The molecule has 4 nitrogen and oxygen atoms in total. The molecule has 2 aliphatic heterocycles. The number of nitrogens with zero attached hydrogens (tertiary/aromatic N) is 3. The largest absolute Gasteiger partial charge is 0.346 e. The summed E-state index contributed by atoms with van der Waals surface area (Å²) in [4.78, 5) is 7.08. The zero-order valence-corrected chi connectivity index (χ0v) is 11.2. The summed E-state index contributed by atoms with van der Waals surface area (Å²) in [5.41, 5.74) is 0.524. The summed E-state index contributed by atoms with van der Waals surface area (Å²) < 4.78 is 4.44. The molecule has 0 radical (unpaired) electrons. The number of rotatable bonds is 3. The van der Waals surface area contributed by atoms with E-state index in [4.69, 9.17) is 0 Å². The van der Waals surface area contributed by atoms with Gasteiger partial charge in [0, 0.05) is 43.0 Å². The van der Waals surface area contributed by atoms with E-state index in [9.17, 15) is 0 Å². The van der Waals surface area contributed by atoms with E-state index in [2.05, 4.69) is 26.5 Å². The van der Waals surface area contributed by atoms with Gasteiger partial charge in [-0.3, -0.25) is 0 Å². The smallest absolute Gasteiger partial charge is 0.205 e.